The number of hydrogen-bond acceptors (Lipinski definition) is 3. The molecule has 2 rings (SSSR count). The number of nitrogens with zero attached hydrogens (tertiary/aromatic N) is 1. The molecule has 0 amide bonds. The Bertz CT molecular complexity index is 395. The molecule has 0 aromatic heterocycles. The van der Waals surface area contributed by atoms with E-state index >= 15 is 0 Å². The largest absolute Gasteiger partial charge is 0.376 e. The lowest BCUT2D eigenvalue weighted by Gasteiger charge is -2.45. The number of nitrogens with two attached hydrogens (primary N) is 1. The number of rotatable bonds is 5. The maximum Gasteiger partial charge on any atom is 0.0674 e. The van der Waals surface area contributed by atoms with E-state index in [1.807, 2.05) is 0 Å². The average molecular weight is 276 g/mol. The van der Waals surface area contributed by atoms with Crippen molar-refractivity contribution >= 4 is 0 Å². The van der Waals surface area contributed by atoms with E-state index < -0.39 is 0 Å². The van der Waals surface area contributed by atoms with Gasteiger partial charge in [-0.05, 0) is 24.8 Å². The average Bonchev–Trinajstić information content (AvgIpc) is 2.49. The number of ether oxygens (including phenoxy) is 1. The zero-order chi connectivity index (χ0) is 14.5. The van der Waals surface area contributed by atoms with E-state index in [9.17, 15) is 0 Å². The molecule has 2 N–H and O–H groups in total. The summed E-state index contributed by atoms with van der Waals surface area (Å²) in [5, 5.41) is 0. The normalized spacial score (nSPS) is 27.2. The number of hydrogen-bond donors (Lipinski definition) is 1. The van der Waals surface area contributed by atoms with E-state index in [0.717, 1.165) is 19.6 Å². The third-order valence-electron chi connectivity index (χ3n) is 4.55. The summed E-state index contributed by atoms with van der Waals surface area (Å²) in [5.41, 5.74) is 7.49. The van der Waals surface area contributed by atoms with Gasteiger partial charge in [-0.25, -0.2) is 0 Å². The molecule has 0 spiro atoms. The minimum atomic E-state index is 0.301. The maximum absolute atomic E-state index is 6.12. The first-order valence-electron chi connectivity index (χ1n) is 7.79. The number of morpholine rings is 1. The van der Waals surface area contributed by atoms with Crippen LogP contribution in [0.25, 0.3) is 0 Å². The fraction of sp³-hybridized carbons (Fsp3) is 0.647. The molecule has 0 bridgehead atoms. The van der Waals surface area contributed by atoms with Crippen molar-refractivity contribution in [3.8, 4) is 0 Å². The summed E-state index contributed by atoms with van der Waals surface area (Å²) >= 11 is 0. The van der Waals surface area contributed by atoms with Crippen LogP contribution in [0.15, 0.2) is 30.3 Å². The molecule has 20 heavy (non-hydrogen) atoms. The van der Waals surface area contributed by atoms with Crippen LogP contribution < -0.4 is 5.73 Å². The van der Waals surface area contributed by atoms with Crippen molar-refractivity contribution in [1.82, 2.24) is 4.90 Å². The summed E-state index contributed by atoms with van der Waals surface area (Å²) in [5.74, 6) is 0.445. The third-order valence-corrected chi connectivity index (χ3v) is 4.55. The van der Waals surface area contributed by atoms with Gasteiger partial charge in [0.25, 0.3) is 0 Å². The molecule has 1 fully saturated rings. The Labute approximate surface area is 123 Å². The molecule has 1 saturated heterocycles. The van der Waals surface area contributed by atoms with Crippen molar-refractivity contribution in [2.45, 2.75) is 51.3 Å². The molecule has 1 heterocycles. The second-order valence-electron chi connectivity index (χ2n) is 5.91. The van der Waals surface area contributed by atoms with Gasteiger partial charge in [0.15, 0.2) is 0 Å². The van der Waals surface area contributed by atoms with Gasteiger partial charge in [-0.2, -0.15) is 0 Å². The number of benzene rings is 1. The van der Waals surface area contributed by atoms with Gasteiger partial charge >= 0.3 is 0 Å². The lowest BCUT2D eigenvalue weighted by atomic mass is 9.90. The summed E-state index contributed by atoms with van der Waals surface area (Å²) in [6.45, 7) is 9.18. The molecule has 3 nitrogen and oxygen atoms in total. The van der Waals surface area contributed by atoms with Crippen molar-refractivity contribution in [2.24, 2.45) is 5.73 Å². The van der Waals surface area contributed by atoms with Crippen LogP contribution in [-0.2, 0) is 4.74 Å². The highest BCUT2D eigenvalue weighted by atomic mass is 16.5. The molecule has 0 saturated carbocycles. The Hall–Kier alpha value is -0.900. The highest BCUT2D eigenvalue weighted by Crippen LogP contribution is 2.27. The van der Waals surface area contributed by atoms with Crippen LogP contribution in [0.4, 0.5) is 0 Å². The van der Waals surface area contributed by atoms with E-state index in [-0.39, 0.29) is 0 Å². The van der Waals surface area contributed by atoms with Gasteiger partial charge in [-0.3, -0.25) is 4.90 Å². The summed E-state index contributed by atoms with van der Waals surface area (Å²) in [6, 6.07) is 11.6. The molecule has 1 aliphatic rings. The zero-order valence-corrected chi connectivity index (χ0v) is 13.0. The third kappa shape index (κ3) is 3.40. The van der Waals surface area contributed by atoms with Crippen molar-refractivity contribution < 1.29 is 4.74 Å². The van der Waals surface area contributed by atoms with Crippen LogP contribution in [-0.4, -0.2) is 42.8 Å². The minimum absolute atomic E-state index is 0.301. The van der Waals surface area contributed by atoms with Gasteiger partial charge in [0.2, 0.25) is 0 Å². The topological polar surface area (TPSA) is 38.5 Å². The van der Waals surface area contributed by atoms with E-state index in [1.54, 1.807) is 0 Å². The molecule has 0 aliphatic carbocycles. The SMILES string of the molecule is CCC1COC(C)CN1C(CN)C(C)c1ccccc1. The minimum Gasteiger partial charge on any atom is -0.376 e. The highest BCUT2D eigenvalue weighted by Gasteiger charge is 2.33. The molecular weight excluding hydrogens is 248 g/mol. The van der Waals surface area contributed by atoms with Crippen LogP contribution in [0.2, 0.25) is 0 Å². The first-order valence-corrected chi connectivity index (χ1v) is 7.79. The summed E-state index contributed by atoms with van der Waals surface area (Å²) in [7, 11) is 0. The summed E-state index contributed by atoms with van der Waals surface area (Å²) in [4.78, 5) is 2.58. The molecule has 4 unspecified atom stereocenters. The molecule has 1 aliphatic heterocycles. The predicted molar refractivity (Wildman–Crippen MR) is 83.9 cm³/mol. The first-order chi connectivity index (χ1) is 9.67. The summed E-state index contributed by atoms with van der Waals surface area (Å²) in [6.07, 6.45) is 1.42. The molecule has 1 aromatic carbocycles. The zero-order valence-electron chi connectivity index (χ0n) is 13.0. The van der Waals surface area contributed by atoms with Crippen LogP contribution in [0.3, 0.4) is 0 Å². The smallest absolute Gasteiger partial charge is 0.0674 e. The predicted octanol–water partition coefficient (Wildman–Crippen LogP) is 2.62. The fourth-order valence-electron chi connectivity index (χ4n) is 3.23. The van der Waals surface area contributed by atoms with Gasteiger partial charge in [-0.15, -0.1) is 0 Å². The molecule has 112 valence electrons. The van der Waals surface area contributed by atoms with E-state index in [4.69, 9.17) is 10.5 Å². The van der Waals surface area contributed by atoms with Gasteiger partial charge in [0.1, 0.15) is 0 Å². The van der Waals surface area contributed by atoms with Crippen LogP contribution in [0.1, 0.15) is 38.7 Å². The van der Waals surface area contributed by atoms with Crippen molar-refractivity contribution in [1.29, 1.82) is 0 Å². The van der Waals surface area contributed by atoms with E-state index in [0.29, 0.717) is 30.7 Å². The van der Waals surface area contributed by atoms with Gasteiger partial charge in [0.05, 0.1) is 12.7 Å². The van der Waals surface area contributed by atoms with Crippen molar-refractivity contribution in [3.63, 3.8) is 0 Å². The molecule has 4 atom stereocenters. The lowest BCUT2D eigenvalue weighted by Crippen LogP contribution is -2.56. The maximum atomic E-state index is 6.12. The quantitative estimate of drug-likeness (QED) is 0.898. The van der Waals surface area contributed by atoms with E-state index in [2.05, 4.69) is 56.0 Å². The van der Waals surface area contributed by atoms with Crippen molar-refractivity contribution in [2.75, 3.05) is 19.7 Å². The van der Waals surface area contributed by atoms with E-state index in [1.165, 1.54) is 5.56 Å². The second-order valence-corrected chi connectivity index (χ2v) is 5.91. The summed E-state index contributed by atoms with van der Waals surface area (Å²) < 4.78 is 5.81. The van der Waals surface area contributed by atoms with Crippen LogP contribution in [0.5, 0.6) is 0 Å². The van der Waals surface area contributed by atoms with Gasteiger partial charge < -0.3 is 10.5 Å². The van der Waals surface area contributed by atoms with Gasteiger partial charge in [-0.1, -0.05) is 44.2 Å². The fourth-order valence-corrected chi connectivity index (χ4v) is 3.23. The molecule has 3 heteroatoms. The standard InChI is InChI=1S/C17H28N2O/c1-4-16-12-20-13(2)11-19(16)17(10-18)14(3)15-8-6-5-7-9-15/h5-9,13-14,16-17H,4,10-12,18H2,1-3H3. The first kappa shape index (κ1) is 15.5. The van der Waals surface area contributed by atoms with Gasteiger partial charge in [0, 0.05) is 25.2 Å². The Morgan fingerprint density at radius 1 is 1.35 bits per heavy atom. The van der Waals surface area contributed by atoms with Crippen LogP contribution in [0, 0.1) is 0 Å². The molecule has 1 aromatic rings. The molecular formula is C17H28N2O. The highest BCUT2D eigenvalue weighted by molar-refractivity contribution is 5.21. The Balaban J connectivity index is 2.17. The second kappa shape index (κ2) is 7.21. The Morgan fingerprint density at radius 2 is 2.05 bits per heavy atom. The molecule has 0 radical (unpaired) electrons. The Kier molecular flexibility index (Phi) is 5.58. The van der Waals surface area contributed by atoms with Crippen LogP contribution >= 0.6 is 0 Å². The monoisotopic (exact) mass is 276 g/mol. The van der Waals surface area contributed by atoms with Crippen molar-refractivity contribution in [3.05, 3.63) is 35.9 Å². The lowest BCUT2D eigenvalue weighted by molar-refractivity contribution is -0.0742. The Morgan fingerprint density at radius 3 is 2.65 bits per heavy atom.